The highest BCUT2D eigenvalue weighted by Crippen LogP contribution is 2.63. The topological polar surface area (TPSA) is 61.8 Å². The van der Waals surface area contributed by atoms with Crippen molar-refractivity contribution in [2.24, 2.45) is 5.41 Å². The molecule has 5 rings (SSSR count). The van der Waals surface area contributed by atoms with Gasteiger partial charge >= 0.3 is 11.9 Å². The quantitative estimate of drug-likeness (QED) is 0.538. The molecule has 106 valence electrons. The van der Waals surface area contributed by atoms with Gasteiger partial charge in [0.25, 0.3) is 0 Å². The van der Waals surface area contributed by atoms with Gasteiger partial charge in [-0.1, -0.05) is 12.2 Å². The molecule has 4 bridgehead atoms. The van der Waals surface area contributed by atoms with E-state index in [1.807, 2.05) is 12.2 Å². The van der Waals surface area contributed by atoms with Gasteiger partial charge in [-0.05, 0) is 26.2 Å². The third-order valence-corrected chi connectivity index (χ3v) is 5.02. The van der Waals surface area contributed by atoms with E-state index in [9.17, 15) is 9.59 Å². The molecular formula is C15H16O5. The predicted molar refractivity (Wildman–Crippen MR) is 67.4 cm³/mol. The minimum Gasteiger partial charge on any atom is -0.451 e. The summed E-state index contributed by atoms with van der Waals surface area (Å²) < 4.78 is 17.3. The van der Waals surface area contributed by atoms with Crippen LogP contribution in [0.1, 0.15) is 33.1 Å². The van der Waals surface area contributed by atoms with Gasteiger partial charge in [-0.25, -0.2) is 0 Å². The maximum Gasteiger partial charge on any atom is 0.324 e. The fourth-order valence-electron chi connectivity index (χ4n) is 4.10. The van der Waals surface area contributed by atoms with Crippen LogP contribution in [0.2, 0.25) is 0 Å². The molecule has 4 atom stereocenters. The Hall–Kier alpha value is -1.62. The zero-order chi connectivity index (χ0) is 14.2. The summed E-state index contributed by atoms with van der Waals surface area (Å²) in [7, 11) is 0. The predicted octanol–water partition coefficient (Wildman–Crippen LogP) is 1.63. The van der Waals surface area contributed by atoms with Crippen LogP contribution < -0.4 is 0 Å². The molecule has 2 spiro atoms. The van der Waals surface area contributed by atoms with Gasteiger partial charge in [0, 0.05) is 13.0 Å². The monoisotopic (exact) mass is 276 g/mol. The average Bonchev–Trinajstić information content (AvgIpc) is 2.90. The van der Waals surface area contributed by atoms with Gasteiger partial charge in [0.1, 0.15) is 17.5 Å². The Morgan fingerprint density at radius 2 is 2.25 bits per heavy atom. The third-order valence-electron chi connectivity index (χ3n) is 5.02. The lowest BCUT2D eigenvalue weighted by Crippen LogP contribution is -2.53. The summed E-state index contributed by atoms with van der Waals surface area (Å²) >= 11 is 0. The van der Waals surface area contributed by atoms with Crippen LogP contribution >= 0.6 is 0 Å². The van der Waals surface area contributed by atoms with Crippen LogP contribution in [0.25, 0.3) is 0 Å². The molecule has 1 saturated heterocycles. The normalized spacial score (nSPS) is 47.6. The van der Waals surface area contributed by atoms with E-state index in [0.29, 0.717) is 12.2 Å². The first-order valence-corrected chi connectivity index (χ1v) is 6.94. The van der Waals surface area contributed by atoms with Crippen LogP contribution in [0, 0.1) is 5.41 Å². The number of hydrogen-bond donors (Lipinski definition) is 0. The summed E-state index contributed by atoms with van der Waals surface area (Å²) in [5.74, 6) is -0.340. The van der Waals surface area contributed by atoms with Gasteiger partial charge in [0.2, 0.25) is 0 Å². The Kier molecular flexibility index (Phi) is 2.03. The number of rotatable bonds is 1. The minimum atomic E-state index is -1.00. The van der Waals surface area contributed by atoms with Crippen LogP contribution in [-0.4, -0.2) is 29.2 Å². The van der Waals surface area contributed by atoms with E-state index in [0.717, 1.165) is 12.8 Å². The summed E-state index contributed by atoms with van der Waals surface area (Å²) in [6.45, 7) is 3.14. The first-order chi connectivity index (χ1) is 9.42. The van der Waals surface area contributed by atoms with Gasteiger partial charge in [0.05, 0.1) is 0 Å². The molecule has 5 nitrogen and oxygen atoms in total. The smallest absolute Gasteiger partial charge is 0.324 e. The molecule has 1 saturated carbocycles. The summed E-state index contributed by atoms with van der Waals surface area (Å²) in [4.78, 5) is 24.1. The number of carbonyl (C=O) groups is 2. The van der Waals surface area contributed by atoms with E-state index < -0.39 is 22.6 Å². The van der Waals surface area contributed by atoms with E-state index in [-0.39, 0.29) is 12.1 Å². The Morgan fingerprint density at radius 1 is 1.45 bits per heavy atom. The van der Waals surface area contributed by atoms with Crippen molar-refractivity contribution in [1.82, 2.24) is 0 Å². The second-order valence-electron chi connectivity index (χ2n) is 6.22. The molecule has 5 heteroatoms. The van der Waals surface area contributed by atoms with Crippen LogP contribution in [0.5, 0.6) is 0 Å². The Labute approximate surface area is 116 Å². The lowest BCUT2D eigenvalue weighted by atomic mass is 9.70. The Bertz CT molecular complexity index is 591. The summed E-state index contributed by atoms with van der Waals surface area (Å²) in [6, 6.07) is 0. The number of hydrogen-bond acceptors (Lipinski definition) is 5. The van der Waals surface area contributed by atoms with Crippen molar-refractivity contribution in [3.05, 3.63) is 24.0 Å². The molecule has 1 aliphatic carbocycles. The zero-order valence-electron chi connectivity index (χ0n) is 11.5. The van der Waals surface area contributed by atoms with Crippen molar-refractivity contribution in [3.63, 3.8) is 0 Å². The van der Waals surface area contributed by atoms with Gasteiger partial charge in [-0.15, -0.1) is 0 Å². The van der Waals surface area contributed by atoms with Crippen molar-refractivity contribution >= 4 is 11.9 Å². The molecule has 20 heavy (non-hydrogen) atoms. The van der Waals surface area contributed by atoms with Crippen LogP contribution in [0.3, 0.4) is 0 Å². The molecular weight excluding hydrogens is 260 g/mol. The largest absolute Gasteiger partial charge is 0.451 e. The molecule has 0 N–H and O–H groups in total. The van der Waals surface area contributed by atoms with Crippen molar-refractivity contribution in [2.45, 2.75) is 50.4 Å². The highest BCUT2D eigenvalue weighted by atomic mass is 16.6. The number of fused-ring (bicyclic) bond motifs is 1. The molecule has 4 aliphatic heterocycles. The zero-order valence-corrected chi connectivity index (χ0v) is 11.5. The van der Waals surface area contributed by atoms with E-state index in [1.165, 1.54) is 6.92 Å². The fourth-order valence-corrected chi connectivity index (χ4v) is 4.10. The van der Waals surface area contributed by atoms with E-state index >= 15 is 0 Å². The van der Waals surface area contributed by atoms with E-state index in [1.54, 1.807) is 13.0 Å². The molecule has 2 fully saturated rings. The van der Waals surface area contributed by atoms with Gasteiger partial charge in [0.15, 0.2) is 11.0 Å². The second kappa shape index (κ2) is 3.34. The lowest BCUT2D eigenvalue weighted by molar-refractivity contribution is -0.171. The average molecular weight is 276 g/mol. The summed E-state index contributed by atoms with van der Waals surface area (Å²) in [5, 5.41) is 0. The van der Waals surface area contributed by atoms with Crippen molar-refractivity contribution in [1.29, 1.82) is 0 Å². The van der Waals surface area contributed by atoms with Gasteiger partial charge in [-0.3, -0.25) is 9.59 Å². The highest BCUT2D eigenvalue weighted by Gasteiger charge is 2.72. The molecule has 0 radical (unpaired) electrons. The molecule has 0 amide bonds. The highest BCUT2D eigenvalue weighted by molar-refractivity contribution is 5.87. The first-order valence-electron chi connectivity index (χ1n) is 6.94. The maximum absolute atomic E-state index is 12.7. The van der Waals surface area contributed by atoms with Crippen LogP contribution in [-0.2, 0) is 23.8 Å². The lowest BCUT2D eigenvalue weighted by Gasteiger charge is -2.42. The second-order valence-corrected chi connectivity index (χ2v) is 6.22. The first kappa shape index (κ1) is 12.1. The van der Waals surface area contributed by atoms with E-state index in [4.69, 9.17) is 14.2 Å². The molecule has 4 heterocycles. The number of carbonyl (C=O) groups excluding carboxylic acids is 2. The molecule has 0 unspecified atom stereocenters. The Balaban J connectivity index is 1.98. The SMILES string of the molecule is CC(=O)OC1=C[C@@]2(C)OC(=O)[C@@]13CCC[C@]31C=C[C@H]2O1. The van der Waals surface area contributed by atoms with Crippen LogP contribution in [0.15, 0.2) is 24.0 Å². The van der Waals surface area contributed by atoms with Gasteiger partial charge in [-0.2, -0.15) is 0 Å². The van der Waals surface area contributed by atoms with Gasteiger partial charge < -0.3 is 14.2 Å². The minimum absolute atomic E-state index is 0.320. The molecule has 5 aliphatic rings. The van der Waals surface area contributed by atoms with Crippen molar-refractivity contribution in [2.75, 3.05) is 0 Å². The molecule has 0 aromatic rings. The van der Waals surface area contributed by atoms with Crippen molar-refractivity contribution in [3.8, 4) is 0 Å². The number of esters is 2. The molecule has 0 aromatic heterocycles. The Morgan fingerprint density at radius 3 is 3.00 bits per heavy atom. The third kappa shape index (κ3) is 1.14. The molecule has 0 aromatic carbocycles. The standard InChI is InChI=1S/C15H16O5/c1-9(16)18-11-8-13(2)10-4-7-14(19-10)5-3-6-15(11,14)12(17)20-13/h4,7-8,10H,3,5-6H2,1-2H3/t10-,13-,14+,15-/m1/s1. The van der Waals surface area contributed by atoms with Crippen molar-refractivity contribution < 1.29 is 23.8 Å². The summed E-state index contributed by atoms with van der Waals surface area (Å²) in [6.07, 6.45) is 7.54. The van der Waals surface area contributed by atoms with Crippen LogP contribution in [0.4, 0.5) is 0 Å². The van der Waals surface area contributed by atoms with E-state index in [2.05, 4.69) is 0 Å². The fraction of sp³-hybridized carbons (Fsp3) is 0.600. The summed E-state index contributed by atoms with van der Waals surface area (Å²) in [5.41, 5.74) is -2.62. The number of ether oxygens (including phenoxy) is 3. The maximum atomic E-state index is 12.7.